The molecule has 1 aliphatic rings. The van der Waals surface area contributed by atoms with Crippen molar-refractivity contribution >= 4 is 27.5 Å². The van der Waals surface area contributed by atoms with Crippen molar-refractivity contribution in [1.82, 2.24) is 5.32 Å². The number of hydrogen-bond donors (Lipinski definition) is 2. The van der Waals surface area contributed by atoms with Gasteiger partial charge in [-0.15, -0.1) is 0 Å². The van der Waals surface area contributed by atoms with Gasteiger partial charge in [0.25, 0.3) is 0 Å². The van der Waals surface area contributed by atoms with Crippen molar-refractivity contribution in [2.45, 2.75) is 32.7 Å². The molecule has 1 aromatic carbocycles. The minimum absolute atomic E-state index is 0.0277. The third-order valence-electron chi connectivity index (χ3n) is 3.75. The van der Waals surface area contributed by atoms with E-state index in [-0.39, 0.29) is 17.4 Å². The SMILES string of the molecule is CC1(C)CCCNC1C(=O)Nc1ccc(C#N)cc1Br. The molecule has 0 bridgehead atoms. The van der Waals surface area contributed by atoms with Crippen molar-refractivity contribution in [3.63, 3.8) is 0 Å². The molecule has 1 atom stereocenters. The summed E-state index contributed by atoms with van der Waals surface area (Å²) >= 11 is 3.38. The Balaban J connectivity index is 2.14. The molecule has 1 aliphatic heterocycles. The Bertz CT molecular complexity index is 563. The lowest BCUT2D eigenvalue weighted by Gasteiger charge is -2.38. The highest BCUT2D eigenvalue weighted by atomic mass is 79.9. The summed E-state index contributed by atoms with van der Waals surface area (Å²) in [5.41, 5.74) is 1.20. The summed E-state index contributed by atoms with van der Waals surface area (Å²) in [7, 11) is 0. The number of nitrogens with one attached hydrogen (secondary N) is 2. The van der Waals surface area contributed by atoms with Crippen molar-refractivity contribution in [2.24, 2.45) is 5.41 Å². The van der Waals surface area contributed by atoms with Crippen LogP contribution in [-0.4, -0.2) is 18.5 Å². The lowest BCUT2D eigenvalue weighted by atomic mass is 9.77. The first kappa shape index (κ1) is 15.0. The number of amides is 1. The molecule has 1 fully saturated rings. The van der Waals surface area contributed by atoms with Crippen LogP contribution < -0.4 is 10.6 Å². The number of carbonyl (C=O) groups is 1. The van der Waals surface area contributed by atoms with Gasteiger partial charge in [-0.3, -0.25) is 4.79 Å². The van der Waals surface area contributed by atoms with Crippen LogP contribution in [-0.2, 0) is 4.79 Å². The summed E-state index contributed by atoms with van der Waals surface area (Å²) in [6.45, 7) is 5.09. The fraction of sp³-hybridized carbons (Fsp3) is 0.467. The van der Waals surface area contributed by atoms with Gasteiger partial charge in [0.2, 0.25) is 5.91 Å². The molecule has 1 amide bonds. The highest BCUT2D eigenvalue weighted by Crippen LogP contribution is 2.31. The maximum Gasteiger partial charge on any atom is 0.242 e. The summed E-state index contributed by atoms with van der Waals surface area (Å²) in [5, 5.41) is 15.1. The van der Waals surface area contributed by atoms with E-state index in [0.29, 0.717) is 11.3 Å². The largest absolute Gasteiger partial charge is 0.324 e. The minimum Gasteiger partial charge on any atom is -0.324 e. The van der Waals surface area contributed by atoms with Gasteiger partial charge in [-0.2, -0.15) is 5.26 Å². The van der Waals surface area contributed by atoms with Crippen molar-refractivity contribution < 1.29 is 4.79 Å². The standard InChI is InChI=1S/C15H18BrN3O/c1-15(2)6-3-7-18-13(15)14(20)19-12-5-4-10(9-17)8-11(12)16/h4-5,8,13,18H,3,6-7H2,1-2H3,(H,19,20). The van der Waals surface area contributed by atoms with Gasteiger partial charge in [0.05, 0.1) is 23.4 Å². The Labute approximate surface area is 127 Å². The van der Waals surface area contributed by atoms with Crippen LogP contribution in [0.3, 0.4) is 0 Å². The van der Waals surface area contributed by atoms with Gasteiger partial charge in [0, 0.05) is 4.47 Å². The van der Waals surface area contributed by atoms with Crippen LogP contribution in [0.2, 0.25) is 0 Å². The Morgan fingerprint density at radius 2 is 2.30 bits per heavy atom. The molecule has 0 spiro atoms. The smallest absolute Gasteiger partial charge is 0.242 e. The summed E-state index contributed by atoms with van der Waals surface area (Å²) in [4.78, 5) is 12.4. The van der Waals surface area contributed by atoms with Crippen molar-refractivity contribution in [2.75, 3.05) is 11.9 Å². The molecule has 1 heterocycles. The molecule has 1 saturated heterocycles. The summed E-state index contributed by atoms with van der Waals surface area (Å²) in [6, 6.07) is 7.02. The number of carbonyl (C=O) groups excluding carboxylic acids is 1. The number of hydrogen-bond acceptors (Lipinski definition) is 3. The molecule has 1 unspecified atom stereocenters. The summed E-state index contributed by atoms with van der Waals surface area (Å²) in [6.07, 6.45) is 2.13. The lowest BCUT2D eigenvalue weighted by Crippen LogP contribution is -2.53. The highest BCUT2D eigenvalue weighted by Gasteiger charge is 2.37. The second-order valence-electron chi connectivity index (χ2n) is 5.77. The molecule has 106 valence electrons. The van der Waals surface area contributed by atoms with Crippen LogP contribution >= 0.6 is 15.9 Å². The predicted molar refractivity (Wildman–Crippen MR) is 82.3 cm³/mol. The van der Waals surface area contributed by atoms with E-state index in [9.17, 15) is 4.79 Å². The zero-order valence-electron chi connectivity index (χ0n) is 11.7. The van der Waals surface area contributed by atoms with Gasteiger partial charge in [0.15, 0.2) is 0 Å². The first-order valence-electron chi connectivity index (χ1n) is 6.68. The number of halogens is 1. The first-order valence-corrected chi connectivity index (χ1v) is 7.47. The van der Waals surface area contributed by atoms with Gasteiger partial charge in [-0.25, -0.2) is 0 Å². The maximum atomic E-state index is 12.4. The maximum absolute atomic E-state index is 12.4. The monoisotopic (exact) mass is 335 g/mol. The molecule has 0 aliphatic carbocycles. The molecule has 20 heavy (non-hydrogen) atoms. The van der Waals surface area contributed by atoms with Crippen LogP contribution in [0, 0.1) is 16.7 Å². The number of nitriles is 1. The third kappa shape index (κ3) is 3.20. The summed E-state index contributed by atoms with van der Waals surface area (Å²) in [5.74, 6) is -0.0277. The average Bonchev–Trinajstić information content (AvgIpc) is 2.40. The zero-order chi connectivity index (χ0) is 14.8. The normalized spacial score (nSPS) is 21.0. The van der Waals surface area contributed by atoms with Crippen LogP contribution in [0.5, 0.6) is 0 Å². The quantitative estimate of drug-likeness (QED) is 0.872. The molecule has 4 nitrogen and oxygen atoms in total. The van der Waals surface area contributed by atoms with E-state index < -0.39 is 0 Å². The van der Waals surface area contributed by atoms with Gasteiger partial charge >= 0.3 is 0 Å². The van der Waals surface area contributed by atoms with E-state index in [1.54, 1.807) is 18.2 Å². The molecule has 0 aromatic heterocycles. The van der Waals surface area contributed by atoms with Crippen LogP contribution in [0.15, 0.2) is 22.7 Å². The fourth-order valence-electron chi connectivity index (χ4n) is 2.55. The number of anilines is 1. The molecule has 1 aromatic rings. The second kappa shape index (κ2) is 5.94. The summed E-state index contributed by atoms with van der Waals surface area (Å²) < 4.78 is 0.721. The average molecular weight is 336 g/mol. The molecule has 2 rings (SSSR count). The van der Waals surface area contributed by atoms with Gasteiger partial charge in [-0.1, -0.05) is 13.8 Å². The fourth-order valence-corrected chi connectivity index (χ4v) is 3.03. The van der Waals surface area contributed by atoms with Crippen molar-refractivity contribution in [3.05, 3.63) is 28.2 Å². The van der Waals surface area contributed by atoms with Gasteiger partial charge < -0.3 is 10.6 Å². The Morgan fingerprint density at radius 1 is 1.55 bits per heavy atom. The lowest BCUT2D eigenvalue weighted by molar-refractivity contribution is -0.121. The minimum atomic E-state index is -0.196. The molecule has 2 N–H and O–H groups in total. The number of rotatable bonds is 2. The van der Waals surface area contributed by atoms with E-state index in [1.165, 1.54) is 0 Å². The highest BCUT2D eigenvalue weighted by molar-refractivity contribution is 9.10. The van der Waals surface area contributed by atoms with Crippen LogP contribution in [0.1, 0.15) is 32.3 Å². The molecular weight excluding hydrogens is 318 g/mol. The number of nitrogens with zero attached hydrogens (tertiary/aromatic N) is 1. The van der Waals surface area contributed by atoms with E-state index in [2.05, 4.69) is 46.5 Å². The van der Waals surface area contributed by atoms with E-state index in [1.807, 2.05) is 0 Å². The Kier molecular flexibility index (Phi) is 4.46. The third-order valence-corrected chi connectivity index (χ3v) is 4.40. The Hall–Kier alpha value is -1.38. The zero-order valence-corrected chi connectivity index (χ0v) is 13.3. The second-order valence-corrected chi connectivity index (χ2v) is 6.63. The predicted octanol–water partition coefficient (Wildman–Crippen LogP) is 3.04. The van der Waals surface area contributed by atoms with E-state index >= 15 is 0 Å². The van der Waals surface area contributed by atoms with Gasteiger partial charge in [-0.05, 0) is 58.9 Å². The first-order chi connectivity index (χ1) is 9.44. The molecule has 5 heteroatoms. The van der Waals surface area contributed by atoms with Crippen LogP contribution in [0.25, 0.3) is 0 Å². The number of benzene rings is 1. The van der Waals surface area contributed by atoms with Crippen molar-refractivity contribution in [1.29, 1.82) is 5.26 Å². The molecule has 0 saturated carbocycles. The van der Waals surface area contributed by atoms with Crippen LogP contribution in [0.4, 0.5) is 5.69 Å². The van der Waals surface area contributed by atoms with Gasteiger partial charge in [0.1, 0.15) is 0 Å². The molecular formula is C15H18BrN3O. The topological polar surface area (TPSA) is 64.9 Å². The molecule has 0 radical (unpaired) electrons. The Morgan fingerprint density at radius 3 is 2.90 bits per heavy atom. The number of piperidine rings is 1. The van der Waals surface area contributed by atoms with E-state index in [4.69, 9.17) is 5.26 Å². The van der Waals surface area contributed by atoms with Crippen molar-refractivity contribution in [3.8, 4) is 6.07 Å². The van der Waals surface area contributed by atoms with E-state index in [0.717, 1.165) is 23.9 Å².